The number of hydrogen-bond acceptors (Lipinski definition) is 5. The van der Waals surface area contributed by atoms with E-state index in [2.05, 4.69) is 10.4 Å². The highest BCUT2D eigenvalue weighted by Crippen LogP contribution is 2.23. The van der Waals surface area contributed by atoms with Crippen molar-refractivity contribution in [3.63, 3.8) is 0 Å². The van der Waals surface area contributed by atoms with Crippen LogP contribution in [0.1, 0.15) is 43.4 Å². The Bertz CT molecular complexity index is 558. The van der Waals surface area contributed by atoms with Crippen LogP contribution in [-0.2, 0) is 7.05 Å². The zero-order valence-electron chi connectivity index (χ0n) is 13.5. The molecule has 9 heteroatoms. The second kappa shape index (κ2) is 7.55. The van der Waals surface area contributed by atoms with E-state index in [0.717, 1.165) is 0 Å². The van der Waals surface area contributed by atoms with E-state index in [9.17, 15) is 14.9 Å². The summed E-state index contributed by atoms with van der Waals surface area (Å²) in [4.78, 5) is 23.0. The monoisotopic (exact) mass is 333 g/mol. The third kappa shape index (κ3) is 4.41. The van der Waals surface area contributed by atoms with Crippen LogP contribution in [0.2, 0.25) is 0 Å². The van der Waals surface area contributed by atoms with Crippen LogP contribution in [0.3, 0.4) is 0 Å². The first-order chi connectivity index (χ1) is 9.61. The summed E-state index contributed by atoms with van der Waals surface area (Å²) in [6.45, 7) is 7.64. The number of aromatic nitrogens is 2. The molecule has 0 spiro atoms. The second-order valence-electron chi connectivity index (χ2n) is 5.98. The first-order valence-corrected chi connectivity index (χ1v) is 6.82. The van der Waals surface area contributed by atoms with Crippen LogP contribution in [0.25, 0.3) is 0 Å². The number of nitro groups is 1. The van der Waals surface area contributed by atoms with Crippen molar-refractivity contribution < 1.29 is 9.72 Å². The summed E-state index contributed by atoms with van der Waals surface area (Å²) in [6.07, 6.45) is 0.680. The third-order valence-electron chi connectivity index (χ3n) is 3.31. The lowest BCUT2D eigenvalue weighted by Crippen LogP contribution is -2.52. The van der Waals surface area contributed by atoms with Gasteiger partial charge in [-0.05, 0) is 26.2 Å². The number of nitrogens with one attached hydrogen (secondary N) is 1. The van der Waals surface area contributed by atoms with Crippen LogP contribution in [0.5, 0.6) is 0 Å². The molecule has 0 saturated carbocycles. The van der Waals surface area contributed by atoms with Gasteiger partial charge in [0, 0.05) is 13.6 Å². The number of halogens is 1. The van der Waals surface area contributed by atoms with Crippen LogP contribution in [0.4, 0.5) is 5.69 Å². The van der Waals surface area contributed by atoms with E-state index in [0.29, 0.717) is 12.3 Å². The molecule has 0 fully saturated rings. The van der Waals surface area contributed by atoms with E-state index in [1.54, 1.807) is 0 Å². The molecule has 22 heavy (non-hydrogen) atoms. The fraction of sp³-hybridized carbons (Fsp3) is 0.692. The zero-order valence-corrected chi connectivity index (χ0v) is 14.4. The molecule has 1 aromatic rings. The number of carbonyl (C=O) groups excluding carboxylic acids is 1. The van der Waals surface area contributed by atoms with E-state index in [-0.39, 0.29) is 36.0 Å². The summed E-state index contributed by atoms with van der Waals surface area (Å²) >= 11 is 0. The first-order valence-electron chi connectivity index (χ1n) is 6.82. The van der Waals surface area contributed by atoms with Crippen LogP contribution in [-0.4, -0.2) is 32.7 Å². The standard InChI is InChI=1S/C13H23N5O3.ClH/c1-8(2)6-13(4,7-14)15-12(19)11-10(18(20)21)9(3)16-17(11)5;/h8H,6-7,14H2,1-5H3,(H,15,19);1H. The average Bonchev–Trinajstić information content (AvgIpc) is 2.63. The van der Waals surface area contributed by atoms with Crippen molar-refractivity contribution in [3.05, 3.63) is 21.5 Å². The minimum absolute atomic E-state index is 0. The number of carbonyl (C=O) groups is 1. The average molecular weight is 334 g/mol. The molecule has 1 rings (SSSR count). The molecule has 1 atom stereocenters. The minimum atomic E-state index is -0.614. The Labute approximate surface area is 136 Å². The Hall–Kier alpha value is -1.67. The lowest BCUT2D eigenvalue weighted by atomic mass is 9.90. The SMILES string of the molecule is Cc1nn(C)c(C(=O)NC(C)(CN)CC(C)C)c1[N+](=O)[O-].Cl. The zero-order chi connectivity index (χ0) is 16.4. The van der Waals surface area contributed by atoms with Crippen molar-refractivity contribution in [1.29, 1.82) is 0 Å². The normalized spacial score (nSPS) is 13.4. The Kier molecular flexibility index (Phi) is 6.98. The largest absolute Gasteiger partial charge is 0.344 e. The van der Waals surface area contributed by atoms with Gasteiger partial charge in [-0.2, -0.15) is 5.10 Å². The van der Waals surface area contributed by atoms with Gasteiger partial charge in [0.05, 0.1) is 10.5 Å². The maximum Gasteiger partial charge on any atom is 0.322 e. The highest BCUT2D eigenvalue weighted by atomic mass is 35.5. The first kappa shape index (κ1) is 20.3. The number of rotatable bonds is 6. The highest BCUT2D eigenvalue weighted by Gasteiger charge is 2.33. The van der Waals surface area contributed by atoms with Crippen LogP contribution in [0.15, 0.2) is 0 Å². The van der Waals surface area contributed by atoms with E-state index in [4.69, 9.17) is 5.73 Å². The van der Waals surface area contributed by atoms with Crippen molar-refractivity contribution in [2.45, 2.75) is 39.7 Å². The highest BCUT2D eigenvalue weighted by molar-refractivity contribution is 5.97. The van der Waals surface area contributed by atoms with Gasteiger partial charge in [0.25, 0.3) is 5.91 Å². The third-order valence-corrected chi connectivity index (χ3v) is 3.31. The van der Waals surface area contributed by atoms with E-state index in [1.807, 2.05) is 20.8 Å². The van der Waals surface area contributed by atoms with Gasteiger partial charge in [0.15, 0.2) is 0 Å². The molecule has 0 aromatic carbocycles. The molecule has 1 heterocycles. The van der Waals surface area contributed by atoms with Gasteiger partial charge in [-0.1, -0.05) is 13.8 Å². The summed E-state index contributed by atoms with van der Waals surface area (Å²) in [5, 5.41) is 17.9. The molecule has 0 radical (unpaired) electrons. The van der Waals surface area contributed by atoms with Gasteiger partial charge in [0.1, 0.15) is 5.69 Å². The van der Waals surface area contributed by atoms with Gasteiger partial charge in [-0.25, -0.2) is 0 Å². The number of hydrogen-bond donors (Lipinski definition) is 2. The van der Waals surface area contributed by atoms with Gasteiger partial charge >= 0.3 is 5.69 Å². The maximum absolute atomic E-state index is 12.4. The van der Waals surface area contributed by atoms with E-state index in [1.165, 1.54) is 18.7 Å². The van der Waals surface area contributed by atoms with Crippen molar-refractivity contribution in [1.82, 2.24) is 15.1 Å². The van der Waals surface area contributed by atoms with Gasteiger partial charge < -0.3 is 11.1 Å². The lowest BCUT2D eigenvalue weighted by molar-refractivity contribution is -0.385. The Balaban J connectivity index is 0.00000441. The molecule has 0 aliphatic carbocycles. The summed E-state index contributed by atoms with van der Waals surface area (Å²) < 4.78 is 1.23. The van der Waals surface area contributed by atoms with E-state index >= 15 is 0 Å². The Morgan fingerprint density at radius 1 is 1.55 bits per heavy atom. The molecular weight excluding hydrogens is 310 g/mol. The second-order valence-corrected chi connectivity index (χ2v) is 5.98. The fourth-order valence-corrected chi connectivity index (χ4v) is 2.54. The van der Waals surface area contributed by atoms with Crippen molar-refractivity contribution in [2.75, 3.05) is 6.54 Å². The van der Waals surface area contributed by atoms with Gasteiger partial charge in [-0.3, -0.25) is 19.6 Å². The van der Waals surface area contributed by atoms with Crippen LogP contribution in [0, 0.1) is 23.0 Å². The van der Waals surface area contributed by atoms with Crippen molar-refractivity contribution >= 4 is 24.0 Å². The van der Waals surface area contributed by atoms with Gasteiger partial charge in [-0.15, -0.1) is 12.4 Å². The molecule has 3 N–H and O–H groups in total. The smallest absolute Gasteiger partial charge is 0.322 e. The predicted molar refractivity (Wildman–Crippen MR) is 86.2 cm³/mol. The molecule has 1 unspecified atom stereocenters. The summed E-state index contributed by atoms with van der Waals surface area (Å²) in [5.74, 6) is -0.194. The number of aryl methyl sites for hydroxylation is 2. The summed E-state index contributed by atoms with van der Waals surface area (Å²) in [7, 11) is 1.51. The Morgan fingerprint density at radius 3 is 2.50 bits per heavy atom. The predicted octanol–water partition coefficient (Wildman–Crippen LogP) is 1.55. The van der Waals surface area contributed by atoms with E-state index < -0.39 is 16.4 Å². The van der Waals surface area contributed by atoms with Crippen molar-refractivity contribution in [3.8, 4) is 0 Å². The molecule has 8 nitrogen and oxygen atoms in total. The maximum atomic E-state index is 12.4. The molecule has 0 aliphatic heterocycles. The molecule has 0 saturated heterocycles. The molecule has 1 aromatic heterocycles. The minimum Gasteiger partial charge on any atom is -0.344 e. The molecule has 0 aliphatic rings. The topological polar surface area (TPSA) is 116 Å². The van der Waals surface area contributed by atoms with Crippen LogP contribution < -0.4 is 11.1 Å². The fourth-order valence-electron chi connectivity index (χ4n) is 2.54. The number of amides is 1. The number of nitrogens with two attached hydrogens (primary N) is 1. The summed E-state index contributed by atoms with van der Waals surface area (Å²) in [5.41, 5.74) is 5.03. The van der Waals surface area contributed by atoms with Crippen molar-refractivity contribution in [2.24, 2.45) is 18.7 Å². The van der Waals surface area contributed by atoms with Crippen LogP contribution >= 0.6 is 12.4 Å². The lowest BCUT2D eigenvalue weighted by Gasteiger charge is -2.31. The Morgan fingerprint density at radius 2 is 2.09 bits per heavy atom. The molecule has 0 bridgehead atoms. The molecule has 126 valence electrons. The molecule has 1 amide bonds. The van der Waals surface area contributed by atoms with Gasteiger partial charge in [0.2, 0.25) is 5.69 Å². The number of nitrogens with zero attached hydrogens (tertiary/aromatic N) is 3. The quantitative estimate of drug-likeness (QED) is 0.605. The molecular formula is C13H24ClN5O3. The summed E-state index contributed by atoms with van der Waals surface area (Å²) in [6, 6.07) is 0.